The minimum absolute atomic E-state index is 0.0207. The van der Waals surface area contributed by atoms with E-state index >= 15 is 0 Å². The van der Waals surface area contributed by atoms with E-state index in [-0.39, 0.29) is 18.7 Å². The maximum Gasteiger partial charge on any atom is 0.231 e. The van der Waals surface area contributed by atoms with Crippen molar-refractivity contribution in [2.45, 2.75) is 23.3 Å². The summed E-state index contributed by atoms with van der Waals surface area (Å²) in [6.07, 6.45) is 2.45. The number of nitrogens with zero attached hydrogens (tertiary/aromatic N) is 2. The van der Waals surface area contributed by atoms with Crippen LogP contribution in [0.3, 0.4) is 0 Å². The molecule has 0 amide bonds. The summed E-state index contributed by atoms with van der Waals surface area (Å²) in [5.74, 6) is 1.62. The van der Waals surface area contributed by atoms with Crippen molar-refractivity contribution in [2.24, 2.45) is 0 Å². The lowest BCUT2D eigenvalue weighted by Crippen LogP contribution is -2.18. The number of ketones is 1. The average molecular weight is 379 g/mol. The number of rotatable bonds is 7. The molecule has 2 aliphatic rings. The van der Waals surface area contributed by atoms with Crippen LogP contribution < -0.4 is 14.8 Å². The summed E-state index contributed by atoms with van der Waals surface area (Å²) in [6.45, 7) is 1.79. The molecule has 2 aliphatic heterocycles. The molecular formula is C16H17N3O4S2. The molecule has 1 aromatic carbocycles. The topological polar surface area (TPSA) is 82.6 Å². The second kappa shape index (κ2) is 7.59. The first-order chi connectivity index (χ1) is 12.3. The highest BCUT2D eigenvalue weighted by molar-refractivity contribution is 8.01. The quantitative estimate of drug-likeness (QED) is 0.581. The molecule has 0 saturated carbocycles. The smallest absolute Gasteiger partial charge is 0.231 e. The predicted octanol–water partition coefficient (Wildman–Crippen LogP) is 2.83. The monoisotopic (exact) mass is 379 g/mol. The minimum atomic E-state index is 0.0207. The summed E-state index contributed by atoms with van der Waals surface area (Å²) >= 11 is 2.84. The van der Waals surface area contributed by atoms with Crippen LogP contribution in [0, 0.1) is 0 Å². The first kappa shape index (κ1) is 16.6. The summed E-state index contributed by atoms with van der Waals surface area (Å²) < 4.78 is 16.9. The molecular weight excluding hydrogens is 362 g/mol. The summed E-state index contributed by atoms with van der Waals surface area (Å²) in [6, 6.07) is 5.24. The van der Waals surface area contributed by atoms with Gasteiger partial charge in [-0.1, -0.05) is 23.1 Å². The third-order valence-corrected chi connectivity index (χ3v) is 5.95. The highest BCUT2D eigenvalue weighted by Gasteiger charge is 2.18. The number of nitrogens with one attached hydrogen (secondary N) is 1. The number of carbonyl (C=O) groups is 1. The number of aromatic nitrogens is 2. The van der Waals surface area contributed by atoms with Crippen LogP contribution in [0.15, 0.2) is 22.5 Å². The lowest BCUT2D eigenvalue weighted by atomic mass is 10.1. The molecule has 1 saturated heterocycles. The van der Waals surface area contributed by atoms with E-state index in [0.29, 0.717) is 22.8 Å². The summed E-state index contributed by atoms with van der Waals surface area (Å²) in [4.78, 5) is 12.3. The minimum Gasteiger partial charge on any atom is -0.454 e. The molecule has 9 heteroatoms. The second-order valence-corrected chi connectivity index (χ2v) is 7.87. The molecule has 1 fully saturated rings. The number of ether oxygens (including phenoxy) is 3. The number of fused-ring (bicyclic) bond motifs is 1. The van der Waals surface area contributed by atoms with Crippen LogP contribution in [0.5, 0.6) is 11.5 Å². The standard InChI is InChI=1S/C16H17N3O4S2/c20-12(10-3-4-13-14(6-10)23-9-22-13)8-24-16-19-18-15(25-16)17-7-11-2-1-5-21-11/h3-4,6,11H,1-2,5,7-9H2,(H,17,18)/t11-/m1/s1. The van der Waals surface area contributed by atoms with E-state index < -0.39 is 0 Å². The summed E-state index contributed by atoms with van der Waals surface area (Å²) in [5, 5.41) is 12.2. The molecule has 1 N–H and O–H groups in total. The molecule has 0 radical (unpaired) electrons. The Bertz CT molecular complexity index is 762. The van der Waals surface area contributed by atoms with E-state index in [1.54, 1.807) is 18.2 Å². The van der Waals surface area contributed by atoms with Crippen molar-refractivity contribution < 1.29 is 19.0 Å². The second-order valence-electron chi connectivity index (χ2n) is 5.67. The number of hydrogen-bond donors (Lipinski definition) is 1. The van der Waals surface area contributed by atoms with E-state index in [1.807, 2.05) is 0 Å². The zero-order chi connectivity index (χ0) is 17.1. The van der Waals surface area contributed by atoms with Gasteiger partial charge in [-0.3, -0.25) is 4.79 Å². The van der Waals surface area contributed by atoms with Gasteiger partial charge >= 0.3 is 0 Å². The maximum absolute atomic E-state index is 12.3. The number of benzene rings is 1. The van der Waals surface area contributed by atoms with Crippen LogP contribution in [0.2, 0.25) is 0 Å². The van der Waals surface area contributed by atoms with Gasteiger partial charge in [0.1, 0.15) is 0 Å². The van der Waals surface area contributed by atoms with Crippen LogP contribution >= 0.6 is 23.1 Å². The van der Waals surface area contributed by atoms with Crippen molar-refractivity contribution in [3.63, 3.8) is 0 Å². The van der Waals surface area contributed by atoms with Crippen LogP contribution in [-0.4, -0.2) is 47.8 Å². The Hall–Kier alpha value is -1.84. The fourth-order valence-electron chi connectivity index (χ4n) is 2.63. The number of carbonyl (C=O) groups excluding carboxylic acids is 1. The molecule has 25 heavy (non-hydrogen) atoms. The van der Waals surface area contributed by atoms with Gasteiger partial charge in [-0.15, -0.1) is 10.2 Å². The van der Waals surface area contributed by atoms with Crippen molar-refractivity contribution in [3.05, 3.63) is 23.8 Å². The Morgan fingerprint density at radius 1 is 1.32 bits per heavy atom. The maximum atomic E-state index is 12.3. The summed E-state index contributed by atoms with van der Waals surface area (Å²) in [5.41, 5.74) is 0.609. The van der Waals surface area contributed by atoms with Crippen molar-refractivity contribution in [2.75, 3.05) is 31.0 Å². The van der Waals surface area contributed by atoms with Gasteiger partial charge in [-0.05, 0) is 31.0 Å². The van der Waals surface area contributed by atoms with Gasteiger partial charge in [0.2, 0.25) is 11.9 Å². The van der Waals surface area contributed by atoms with Gasteiger partial charge < -0.3 is 19.5 Å². The van der Waals surface area contributed by atoms with Gasteiger partial charge in [0.25, 0.3) is 0 Å². The third-order valence-electron chi connectivity index (χ3n) is 3.93. The van der Waals surface area contributed by atoms with E-state index in [2.05, 4.69) is 15.5 Å². The Labute approximate surface area is 153 Å². The van der Waals surface area contributed by atoms with Crippen LogP contribution in [0.1, 0.15) is 23.2 Å². The zero-order valence-electron chi connectivity index (χ0n) is 13.4. The number of thioether (sulfide) groups is 1. The normalized spacial score (nSPS) is 18.5. The largest absolute Gasteiger partial charge is 0.454 e. The number of Topliss-reactive ketones (excluding diaryl/α,β-unsaturated/α-hetero) is 1. The third kappa shape index (κ3) is 4.05. The molecule has 7 nitrogen and oxygen atoms in total. The predicted molar refractivity (Wildman–Crippen MR) is 95.0 cm³/mol. The molecule has 0 aliphatic carbocycles. The molecule has 1 aromatic heterocycles. The van der Waals surface area contributed by atoms with E-state index in [4.69, 9.17) is 14.2 Å². The lowest BCUT2D eigenvalue weighted by molar-refractivity contribution is 0.102. The van der Waals surface area contributed by atoms with Gasteiger partial charge in [0, 0.05) is 18.7 Å². The molecule has 4 rings (SSSR count). The molecule has 1 atom stereocenters. The Morgan fingerprint density at radius 3 is 3.12 bits per heavy atom. The van der Waals surface area contributed by atoms with Gasteiger partial charge in [0.05, 0.1) is 11.9 Å². The van der Waals surface area contributed by atoms with Gasteiger partial charge in [-0.2, -0.15) is 0 Å². The van der Waals surface area contributed by atoms with Crippen LogP contribution in [0.4, 0.5) is 5.13 Å². The number of hydrogen-bond acceptors (Lipinski definition) is 9. The molecule has 2 aromatic rings. The molecule has 3 heterocycles. The Balaban J connectivity index is 1.28. The SMILES string of the molecule is O=C(CSc1nnc(NC[C@H]2CCCO2)s1)c1ccc2c(c1)OCO2. The lowest BCUT2D eigenvalue weighted by Gasteiger charge is -2.08. The number of anilines is 1. The van der Waals surface area contributed by atoms with E-state index in [9.17, 15) is 4.79 Å². The van der Waals surface area contributed by atoms with Gasteiger partial charge in [-0.25, -0.2) is 0 Å². The first-order valence-electron chi connectivity index (χ1n) is 8.02. The average Bonchev–Trinajstić information content (AvgIpc) is 3.38. The Morgan fingerprint density at radius 2 is 2.24 bits per heavy atom. The Kier molecular flexibility index (Phi) is 5.04. The molecule has 0 bridgehead atoms. The zero-order valence-corrected chi connectivity index (χ0v) is 15.0. The van der Waals surface area contributed by atoms with Crippen molar-refractivity contribution in [1.82, 2.24) is 10.2 Å². The molecule has 0 unspecified atom stereocenters. The fraction of sp³-hybridized carbons (Fsp3) is 0.438. The van der Waals surface area contributed by atoms with E-state index in [0.717, 1.165) is 35.5 Å². The highest BCUT2D eigenvalue weighted by atomic mass is 32.2. The first-order valence-corrected chi connectivity index (χ1v) is 9.83. The van der Waals surface area contributed by atoms with E-state index in [1.165, 1.54) is 23.1 Å². The van der Waals surface area contributed by atoms with Crippen molar-refractivity contribution in [1.29, 1.82) is 0 Å². The summed E-state index contributed by atoms with van der Waals surface area (Å²) in [7, 11) is 0. The van der Waals surface area contributed by atoms with Crippen LogP contribution in [0.25, 0.3) is 0 Å². The van der Waals surface area contributed by atoms with Crippen LogP contribution in [-0.2, 0) is 4.74 Å². The van der Waals surface area contributed by atoms with Crippen molar-refractivity contribution in [3.8, 4) is 11.5 Å². The highest BCUT2D eigenvalue weighted by Crippen LogP contribution is 2.33. The van der Waals surface area contributed by atoms with Gasteiger partial charge in [0.15, 0.2) is 21.6 Å². The fourth-order valence-corrected chi connectivity index (χ4v) is 4.28. The van der Waals surface area contributed by atoms with Crippen molar-refractivity contribution >= 4 is 34.0 Å². The molecule has 0 spiro atoms. The molecule has 132 valence electrons.